The molecule has 1 aliphatic rings. The van der Waals surface area contributed by atoms with E-state index >= 15 is 0 Å². The number of nitrogens with zero attached hydrogens (tertiary/aromatic N) is 2. The van der Waals surface area contributed by atoms with Gasteiger partial charge in [-0.05, 0) is 38.8 Å². The number of hydrogen-bond donors (Lipinski definition) is 0. The summed E-state index contributed by atoms with van der Waals surface area (Å²) in [4.78, 5) is 33.7. The Morgan fingerprint density at radius 3 is 2.46 bits per heavy atom. The van der Waals surface area contributed by atoms with E-state index in [1.165, 1.54) is 25.6 Å². The van der Waals surface area contributed by atoms with Gasteiger partial charge in [0, 0.05) is 23.7 Å². The molecule has 0 bridgehead atoms. The van der Waals surface area contributed by atoms with Gasteiger partial charge in [0.05, 0.1) is 30.6 Å². The fourth-order valence-electron chi connectivity index (χ4n) is 3.71. The van der Waals surface area contributed by atoms with Gasteiger partial charge in [-0.15, -0.1) is 0 Å². The Kier molecular flexibility index (Phi) is 6.82. The maximum Gasteiger partial charge on any atom is 0.342 e. The smallest absolute Gasteiger partial charge is 0.342 e. The third-order valence-corrected chi connectivity index (χ3v) is 5.55. The number of hydrogen-bond acceptors (Lipinski definition) is 7. The lowest BCUT2D eigenvalue weighted by atomic mass is 10.1. The molecule has 0 unspecified atom stereocenters. The standard InChI is InChI=1S/C27H27FN2O5/c1-27(2,3)35-26(32)18-10-17(18)22-13-30-23(14-29-22)19-11-20(24(33-4)12-21(19)28)25(31)34-15-16-8-6-5-7-9-16/h5-9,11-14,17-18H,10,15H2,1-4H3/t17-,18-/m1/s1. The van der Waals surface area contributed by atoms with Crippen LogP contribution in [-0.2, 0) is 20.9 Å². The maximum atomic E-state index is 14.9. The summed E-state index contributed by atoms with van der Waals surface area (Å²) in [7, 11) is 1.35. The van der Waals surface area contributed by atoms with Gasteiger partial charge in [0.1, 0.15) is 29.3 Å². The highest BCUT2D eigenvalue weighted by molar-refractivity contribution is 5.94. The average molecular weight is 479 g/mol. The topological polar surface area (TPSA) is 87.6 Å². The second-order valence-corrected chi connectivity index (χ2v) is 9.40. The van der Waals surface area contributed by atoms with Gasteiger partial charge in [0.2, 0.25) is 0 Å². The first-order chi connectivity index (χ1) is 16.7. The van der Waals surface area contributed by atoms with Gasteiger partial charge in [-0.25, -0.2) is 9.18 Å². The summed E-state index contributed by atoms with van der Waals surface area (Å²) in [5, 5.41) is 0. The van der Waals surface area contributed by atoms with Crippen LogP contribution in [0.1, 0.15) is 54.7 Å². The first kappa shape index (κ1) is 24.3. The number of methoxy groups -OCH3 is 1. The zero-order valence-corrected chi connectivity index (χ0v) is 20.1. The predicted molar refractivity (Wildman–Crippen MR) is 126 cm³/mol. The SMILES string of the molecule is COc1cc(F)c(-c2cnc([C@@H]3C[C@H]3C(=O)OC(C)(C)C)cn2)cc1C(=O)OCc1ccccc1. The lowest BCUT2D eigenvalue weighted by Gasteiger charge is -2.19. The molecule has 0 aliphatic heterocycles. The van der Waals surface area contributed by atoms with Gasteiger partial charge in [-0.3, -0.25) is 14.8 Å². The summed E-state index contributed by atoms with van der Waals surface area (Å²) in [6, 6.07) is 11.7. The van der Waals surface area contributed by atoms with Gasteiger partial charge < -0.3 is 14.2 Å². The van der Waals surface area contributed by atoms with Crippen molar-refractivity contribution in [1.82, 2.24) is 9.97 Å². The molecule has 0 saturated heterocycles. The number of carbonyl (C=O) groups excluding carboxylic acids is 2. The molecule has 7 nitrogen and oxygen atoms in total. The molecule has 4 rings (SSSR count). The fourth-order valence-corrected chi connectivity index (χ4v) is 3.71. The molecule has 0 N–H and O–H groups in total. The molecule has 1 aliphatic carbocycles. The molecule has 1 heterocycles. The zero-order valence-electron chi connectivity index (χ0n) is 20.1. The summed E-state index contributed by atoms with van der Waals surface area (Å²) in [6.45, 7) is 5.55. The molecule has 8 heteroatoms. The highest BCUT2D eigenvalue weighted by Gasteiger charge is 2.47. The minimum atomic E-state index is -0.644. The quantitative estimate of drug-likeness (QED) is 0.437. The highest BCUT2D eigenvalue weighted by atomic mass is 19.1. The Balaban J connectivity index is 1.50. The average Bonchev–Trinajstić information content (AvgIpc) is 3.63. The summed E-state index contributed by atoms with van der Waals surface area (Å²) in [5.41, 5.74) is 1.34. The summed E-state index contributed by atoms with van der Waals surface area (Å²) in [5.74, 6) is -1.77. The van der Waals surface area contributed by atoms with Crippen LogP contribution in [0.5, 0.6) is 5.75 Å². The number of ether oxygens (including phenoxy) is 3. The predicted octanol–water partition coefficient (Wildman–Crippen LogP) is 5.09. The largest absolute Gasteiger partial charge is 0.496 e. The van der Waals surface area contributed by atoms with Gasteiger partial charge >= 0.3 is 11.9 Å². The summed E-state index contributed by atoms with van der Waals surface area (Å²) in [6.07, 6.45) is 3.60. The molecule has 35 heavy (non-hydrogen) atoms. The first-order valence-corrected chi connectivity index (χ1v) is 11.3. The van der Waals surface area contributed by atoms with Crippen LogP contribution in [-0.4, -0.2) is 34.6 Å². The molecule has 1 aromatic heterocycles. The van der Waals surface area contributed by atoms with E-state index in [-0.39, 0.29) is 47.0 Å². The van der Waals surface area contributed by atoms with Gasteiger partial charge in [-0.1, -0.05) is 30.3 Å². The number of esters is 2. The Hall–Kier alpha value is -3.81. The van der Waals surface area contributed by atoms with E-state index in [9.17, 15) is 14.0 Å². The Labute approximate surface area is 203 Å². The van der Waals surface area contributed by atoms with E-state index < -0.39 is 17.4 Å². The minimum Gasteiger partial charge on any atom is -0.496 e. The second-order valence-electron chi connectivity index (χ2n) is 9.40. The van der Waals surface area contributed by atoms with Gasteiger partial charge in [0.25, 0.3) is 0 Å². The van der Waals surface area contributed by atoms with Crippen molar-refractivity contribution in [2.24, 2.45) is 5.92 Å². The molecule has 1 fully saturated rings. The van der Waals surface area contributed by atoms with Crippen LogP contribution >= 0.6 is 0 Å². The van der Waals surface area contributed by atoms with Gasteiger partial charge in [0.15, 0.2) is 0 Å². The normalized spacial score (nSPS) is 16.9. The van der Waals surface area contributed by atoms with E-state index in [1.807, 2.05) is 51.1 Å². The molecule has 0 spiro atoms. The van der Waals surface area contributed by atoms with Crippen LogP contribution in [0.4, 0.5) is 4.39 Å². The number of benzene rings is 2. The van der Waals surface area contributed by atoms with Crippen LogP contribution in [0.15, 0.2) is 54.9 Å². The number of halogens is 1. The van der Waals surface area contributed by atoms with Crippen molar-refractivity contribution in [3.8, 4) is 17.0 Å². The van der Waals surface area contributed by atoms with Crippen molar-refractivity contribution in [2.75, 3.05) is 7.11 Å². The van der Waals surface area contributed by atoms with Crippen LogP contribution < -0.4 is 4.74 Å². The van der Waals surface area contributed by atoms with E-state index in [2.05, 4.69) is 9.97 Å². The Morgan fingerprint density at radius 1 is 1.09 bits per heavy atom. The van der Waals surface area contributed by atoms with E-state index in [4.69, 9.17) is 14.2 Å². The Morgan fingerprint density at radius 2 is 1.83 bits per heavy atom. The van der Waals surface area contributed by atoms with Crippen molar-refractivity contribution in [3.63, 3.8) is 0 Å². The monoisotopic (exact) mass is 478 g/mol. The maximum absolute atomic E-state index is 14.9. The Bertz CT molecular complexity index is 1220. The third-order valence-electron chi connectivity index (χ3n) is 5.55. The summed E-state index contributed by atoms with van der Waals surface area (Å²) >= 11 is 0. The zero-order chi connectivity index (χ0) is 25.2. The first-order valence-electron chi connectivity index (χ1n) is 11.3. The van der Waals surface area contributed by atoms with Crippen molar-refractivity contribution in [1.29, 1.82) is 0 Å². The van der Waals surface area contributed by atoms with Crippen LogP contribution in [0.25, 0.3) is 11.3 Å². The lowest BCUT2D eigenvalue weighted by Crippen LogP contribution is -2.25. The molecule has 3 aromatic rings. The van der Waals surface area contributed by atoms with Crippen LogP contribution in [0, 0.1) is 11.7 Å². The van der Waals surface area contributed by atoms with Crippen molar-refractivity contribution >= 4 is 11.9 Å². The number of aromatic nitrogens is 2. The molecule has 1 saturated carbocycles. The lowest BCUT2D eigenvalue weighted by molar-refractivity contribution is -0.156. The van der Waals surface area contributed by atoms with Crippen molar-refractivity contribution in [2.45, 2.75) is 45.3 Å². The molecule has 182 valence electrons. The second kappa shape index (κ2) is 9.82. The van der Waals surface area contributed by atoms with E-state index in [0.717, 1.165) is 11.6 Å². The molecule has 0 radical (unpaired) electrons. The van der Waals surface area contributed by atoms with Crippen LogP contribution in [0.2, 0.25) is 0 Å². The summed E-state index contributed by atoms with van der Waals surface area (Å²) < 4.78 is 30.9. The number of rotatable bonds is 7. The van der Waals surface area contributed by atoms with Gasteiger partial charge in [-0.2, -0.15) is 0 Å². The number of carbonyl (C=O) groups is 2. The molecular formula is C27H27FN2O5. The third kappa shape index (κ3) is 5.82. The molecular weight excluding hydrogens is 451 g/mol. The molecule has 0 amide bonds. The van der Waals surface area contributed by atoms with E-state index in [0.29, 0.717) is 12.1 Å². The molecule has 2 aromatic carbocycles. The molecule has 2 atom stereocenters. The van der Waals surface area contributed by atoms with E-state index in [1.54, 1.807) is 0 Å². The van der Waals surface area contributed by atoms with Crippen LogP contribution in [0.3, 0.4) is 0 Å². The van der Waals surface area contributed by atoms with Crippen molar-refractivity contribution in [3.05, 3.63) is 77.5 Å². The minimum absolute atomic E-state index is 0.0621. The fraction of sp³-hybridized carbons (Fsp3) is 0.333. The van der Waals surface area contributed by atoms with Crippen molar-refractivity contribution < 1.29 is 28.2 Å². The highest BCUT2D eigenvalue weighted by Crippen LogP contribution is 2.47.